The van der Waals surface area contributed by atoms with Crippen LogP contribution in [-0.4, -0.2) is 16.1 Å². The number of aromatic nitrogens is 1. The molecule has 0 fully saturated rings. The highest BCUT2D eigenvalue weighted by Crippen LogP contribution is 2.36. The van der Waals surface area contributed by atoms with Crippen molar-refractivity contribution in [2.45, 2.75) is 26.2 Å². The number of carboxylic acids is 1. The van der Waals surface area contributed by atoms with Crippen molar-refractivity contribution in [1.82, 2.24) is 4.98 Å². The summed E-state index contributed by atoms with van der Waals surface area (Å²) in [5, 5.41) is 14.9. The molecule has 2 rings (SSSR count). The Morgan fingerprint density at radius 3 is 2.43 bits per heavy atom. The Bertz CT molecular complexity index is 675. The molecule has 112 valence electrons. The minimum absolute atomic E-state index is 0.543. The van der Waals surface area contributed by atoms with Crippen molar-refractivity contribution in [2.75, 3.05) is 5.32 Å². The quantitative estimate of drug-likeness (QED) is 0.705. The molecular formula is C14H14Br2N2O2S. The van der Waals surface area contributed by atoms with Gasteiger partial charge < -0.3 is 10.4 Å². The minimum Gasteiger partial charge on any atom is -0.481 e. The molecule has 7 heteroatoms. The number of anilines is 2. The lowest BCUT2D eigenvalue weighted by atomic mass is 9.90. The smallest absolute Gasteiger partial charge is 0.315 e. The summed E-state index contributed by atoms with van der Waals surface area (Å²) in [5.74, 6) is -0.892. The summed E-state index contributed by atoms with van der Waals surface area (Å²) in [6.45, 7) is 5.30. The fraction of sp³-hybridized carbons (Fsp3) is 0.286. The Balaban J connectivity index is 2.31. The lowest BCUT2D eigenvalue weighted by Gasteiger charge is -2.15. The standard InChI is InChI=1S/C14H14Br2N2O2S/c1-7-4-8(15)11(9(16)5-7)18-13-17-10(6-21-13)14(2,3)12(19)20/h4-6H,1-3H3,(H,17,18)(H,19,20). The molecule has 0 spiro atoms. The number of carboxylic acid groups (broad SMARTS) is 1. The first-order chi connectivity index (χ1) is 9.71. The molecule has 2 aromatic rings. The number of hydrogen-bond acceptors (Lipinski definition) is 4. The van der Waals surface area contributed by atoms with E-state index in [1.165, 1.54) is 11.3 Å². The third-order valence-electron chi connectivity index (χ3n) is 3.10. The number of aryl methyl sites for hydroxylation is 1. The highest BCUT2D eigenvalue weighted by Gasteiger charge is 2.32. The SMILES string of the molecule is Cc1cc(Br)c(Nc2nc(C(C)(C)C(=O)O)cs2)c(Br)c1. The number of nitrogens with one attached hydrogen (secondary N) is 1. The number of hydrogen-bond donors (Lipinski definition) is 2. The molecular weight excluding hydrogens is 420 g/mol. The molecule has 2 N–H and O–H groups in total. The molecule has 0 aliphatic rings. The molecule has 4 nitrogen and oxygen atoms in total. The Kier molecular flexibility index (Phi) is 4.75. The number of halogens is 2. The van der Waals surface area contributed by atoms with Gasteiger partial charge in [-0.1, -0.05) is 0 Å². The fourth-order valence-corrected chi connectivity index (χ4v) is 4.15. The van der Waals surface area contributed by atoms with Gasteiger partial charge in [0, 0.05) is 14.3 Å². The largest absolute Gasteiger partial charge is 0.481 e. The van der Waals surface area contributed by atoms with Crippen LogP contribution >= 0.6 is 43.2 Å². The second-order valence-corrected chi connectivity index (χ2v) is 7.76. The molecule has 0 aliphatic carbocycles. The van der Waals surface area contributed by atoms with Crippen LogP contribution in [0.15, 0.2) is 26.5 Å². The van der Waals surface area contributed by atoms with Gasteiger partial charge in [0.15, 0.2) is 5.13 Å². The summed E-state index contributed by atoms with van der Waals surface area (Å²) in [7, 11) is 0. The number of rotatable bonds is 4. The molecule has 0 radical (unpaired) electrons. The summed E-state index contributed by atoms with van der Waals surface area (Å²) >= 11 is 8.41. The van der Waals surface area contributed by atoms with Gasteiger partial charge in [0.1, 0.15) is 5.41 Å². The summed E-state index contributed by atoms with van der Waals surface area (Å²) in [5.41, 5.74) is 1.54. The molecule has 0 saturated carbocycles. The molecule has 1 aromatic heterocycles. The van der Waals surface area contributed by atoms with Crippen LogP contribution in [0.25, 0.3) is 0 Å². The number of carbonyl (C=O) groups is 1. The monoisotopic (exact) mass is 432 g/mol. The van der Waals surface area contributed by atoms with E-state index in [-0.39, 0.29) is 0 Å². The van der Waals surface area contributed by atoms with E-state index in [9.17, 15) is 9.90 Å². The molecule has 0 amide bonds. The highest BCUT2D eigenvalue weighted by atomic mass is 79.9. The van der Waals surface area contributed by atoms with Crippen LogP contribution in [0.3, 0.4) is 0 Å². The molecule has 0 unspecified atom stereocenters. The van der Waals surface area contributed by atoms with Crippen molar-refractivity contribution in [3.63, 3.8) is 0 Å². The Hall–Kier alpha value is -0.920. The van der Waals surface area contributed by atoms with Gasteiger partial charge in [-0.05, 0) is 70.3 Å². The molecule has 1 heterocycles. The predicted molar refractivity (Wildman–Crippen MR) is 92.6 cm³/mol. The average molecular weight is 434 g/mol. The third-order valence-corrected chi connectivity index (χ3v) is 5.11. The van der Waals surface area contributed by atoms with Crippen molar-refractivity contribution in [3.8, 4) is 0 Å². The van der Waals surface area contributed by atoms with Crippen molar-refractivity contribution in [3.05, 3.63) is 37.7 Å². The second kappa shape index (κ2) is 6.06. The van der Waals surface area contributed by atoms with E-state index >= 15 is 0 Å². The van der Waals surface area contributed by atoms with Crippen molar-refractivity contribution in [2.24, 2.45) is 0 Å². The summed E-state index contributed by atoms with van der Waals surface area (Å²) in [6.07, 6.45) is 0. The van der Waals surface area contributed by atoms with Crippen molar-refractivity contribution >= 4 is 60.0 Å². The molecule has 0 bridgehead atoms. The molecule has 0 atom stereocenters. The van der Waals surface area contributed by atoms with Crippen LogP contribution in [0, 0.1) is 6.92 Å². The van der Waals surface area contributed by atoms with E-state index in [2.05, 4.69) is 42.2 Å². The van der Waals surface area contributed by atoms with Crippen LogP contribution in [0.4, 0.5) is 10.8 Å². The zero-order valence-corrected chi connectivity index (χ0v) is 15.7. The van der Waals surface area contributed by atoms with E-state index in [0.29, 0.717) is 10.8 Å². The Morgan fingerprint density at radius 2 is 1.90 bits per heavy atom. The van der Waals surface area contributed by atoms with E-state index in [1.54, 1.807) is 19.2 Å². The van der Waals surface area contributed by atoms with Gasteiger partial charge in [0.05, 0.1) is 11.4 Å². The van der Waals surface area contributed by atoms with Gasteiger partial charge in [-0.25, -0.2) is 4.98 Å². The van der Waals surface area contributed by atoms with Gasteiger partial charge >= 0.3 is 5.97 Å². The maximum absolute atomic E-state index is 11.3. The first-order valence-corrected chi connectivity index (χ1v) is 8.60. The average Bonchev–Trinajstić information content (AvgIpc) is 2.82. The summed E-state index contributed by atoms with van der Waals surface area (Å²) < 4.78 is 1.84. The van der Waals surface area contributed by atoms with Gasteiger partial charge in [0.25, 0.3) is 0 Å². The van der Waals surface area contributed by atoms with Gasteiger partial charge in [0.2, 0.25) is 0 Å². The zero-order valence-electron chi connectivity index (χ0n) is 11.7. The van der Waals surface area contributed by atoms with E-state index in [4.69, 9.17) is 0 Å². The highest BCUT2D eigenvalue weighted by molar-refractivity contribution is 9.11. The van der Waals surface area contributed by atoms with Crippen molar-refractivity contribution < 1.29 is 9.90 Å². The molecule has 0 aliphatic heterocycles. The van der Waals surface area contributed by atoms with Crippen LogP contribution in [0.5, 0.6) is 0 Å². The van der Waals surface area contributed by atoms with E-state index < -0.39 is 11.4 Å². The summed E-state index contributed by atoms with van der Waals surface area (Å²) in [4.78, 5) is 15.7. The maximum atomic E-state index is 11.3. The van der Waals surface area contributed by atoms with E-state index in [0.717, 1.165) is 20.2 Å². The molecule has 0 saturated heterocycles. The van der Waals surface area contributed by atoms with Crippen LogP contribution < -0.4 is 5.32 Å². The topological polar surface area (TPSA) is 62.2 Å². The van der Waals surface area contributed by atoms with Crippen LogP contribution in [-0.2, 0) is 10.2 Å². The fourth-order valence-electron chi connectivity index (χ4n) is 1.65. The Labute approximate surface area is 143 Å². The molecule has 1 aromatic carbocycles. The van der Waals surface area contributed by atoms with Crippen molar-refractivity contribution in [1.29, 1.82) is 0 Å². The number of thiazole rings is 1. The number of nitrogens with zero attached hydrogens (tertiary/aromatic N) is 1. The second-order valence-electron chi connectivity index (χ2n) is 5.20. The predicted octanol–water partition coefficient (Wildman–Crippen LogP) is 5.08. The summed E-state index contributed by atoms with van der Waals surface area (Å²) in [6, 6.07) is 4.01. The Morgan fingerprint density at radius 1 is 1.33 bits per heavy atom. The lowest BCUT2D eigenvalue weighted by molar-refractivity contribution is -0.142. The van der Waals surface area contributed by atoms with Crippen LogP contribution in [0.1, 0.15) is 25.1 Å². The molecule has 21 heavy (non-hydrogen) atoms. The number of aliphatic carboxylic acids is 1. The minimum atomic E-state index is -1.00. The zero-order chi connectivity index (χ0) is 15.8. The van der Waals surface area contributed by atoms with Gasteiger partial charge in [-0.3, -0.25) is 4.79 Å². The lowest BCUT2D eigenvalue weighted by Crippen LogP contribution is -2.28. The van der Waals surface area contributed by atoms with E-state index in [1.807, 2.05) is 19.1 Å². The van der Waals surface area contributed by atoms with Crippen LogP contribution in [0.2, 0.25) is 0 Å². The van der Waals surface area contributed by atoms with Gasteiger partial charge in [-0.2, -0.15) is 0 Å². The normalized spacial score (nSPS) is 11.5. The maximum Gasteiger partial charge on any atom is 0.315 e. The first kappa shape index (κ1) is 16.5. The first-order valence-electron chi connectivity index (χ1n) is 6.14. The van der Waals surface area contributed by atoms with Gasteiger partial charge in [-0.15, -0.1) is 11.3 Å². The number of benzene rings is 1. The third kappa shape index (κ3) is 3.46.